The number of hydrogen-bond acceptors (Lipinski definition) is 5. The van der Waals surface area contributed by atoms with E-state index >= 15 is 0 Å². The number of nitrogens with zero attached hydrogens (tertiary/aromatic N) is 2. The quantitative estimate of drug-likeness (QED) is 0.415. The van der Waals surface area contributed by atoms with Crippen LogP contribution < -0.4 is 9.47 Å². The van der Waals surface area contributed by atoms with Gasteiger partial charge < -0.3 is 14.3 Å². The molecule has 0 saturated heterocycles. The molecule has 0 unspecified atom stereocenters. The molecule has 0 radical (unpaired) electrons. The normalized spacial score (nSPS) is 18.3. The molecule has 5 nitrogen and oxygen atoms in total. The number of para-hydroxylation sites is 2. The Bertz CT molecular complexity index is 1240. The maximum Gasteiger partial charge on any atom is 0.173 e. The summed E-state index contributed by atoms with van der Waals surface area (Å²) in [6, 6.07) is 18.0. The van der Waals surface area contributed by atoms with Gasteiger partial charge in [-0.3, -0.25) is 4.98 Å². The molecule has 0 spiro atoms. The van der Waals surface area contributed by atoms with E-state index in [4.69, 9.17) is 14.3 Å². The number of ether oxygens (including phenoxy) is 2. The minimum atomic E-state index is 0.614. The minimum absolute atomic E-state index is 0.614. The lowest BCUT2D eigenvalue weighted by molar-refractivity contribution is 0.253. The van der Waals surface area contributed by atoms with E-state index < -0.39 is 0 Å². The summed E-state index contributed by atoms with van der Waals surface area (Å²) in [4.78, 5) is 9.48. The lowest BCUT2D eigenvalue weighted by Gasteiger charge is -2.30. The Morgan fingerprint density at radius 3 is 2.28 bits per heavy atom. The Morgan fingerprint density at radius 2 is 1.41 bits per heavy atom. The first-order valence-electron chi connectivity index (χ1n) is 9.24. The topological polar surface area (TPSA) is 52.9 Å². The van der Waals surface area contributed by atoms with Crippen LogP contribution in [0.2, 0.25) is 0 Å². The molecule has 138 valence electrons. The highest BCUT2D eigenvalue weighted by Crippen LogP contribution is 2.52. The van der Waals surface area contributed by atoms with Crippen molar-refractivity contribution in [2.45, 2.75) is 0 Å². The Morgan fingerprint density at radius 1 is 0.690 bits per heavy atom. The van der Waals surface area contributed by atoms with Crippen LogP contribution in [0, 0.1) is 0 Å². The molecular weight excluding hydrogens is 364 g/mol. The Kier molecular flexibility index (Phi) is 3.40. The number of aromatic nitrogens is 1. The molecule has 0 aliphatic carbocycles. The van der Waals surface area contributed by atoms with E-state index in [1.807, 2.05) is 48.5 Å². The average molecular weight is 378 g/mol. The molecular formula is C24H14N2O3. The van der Waals surface area contributed by atoms with Crippen molar-refractivity contribution in [2.24, 2.45) is 5.16 Å². The number of benzene rings is 2. The highest BCUT2D eigenvalue weighted by Gasteiger charge is 2.32. The zero-order valence-electron chi connectivity index (χ0n) is 15.2. The molecule has 0 saturated carbocycles. The molecule has 3 aliphatic heterocycles. The first-order valence-corrected chi connectivity index (χ1v) is 9.24. The number of fused-ring (bicyclic) bond motifs is 4. The van der Waals surface area contributed by atoms with Gasteiger partial charge in [-0.05, 0) is 24.3 Å². The Hall–Kier alpha value is -4.12. The molecule has 6 rings (SSSR count). The summed E-state index contributed by atoms with van der Waals surface area (Å²) < 4.78 is 12.3. The predicted octanol–water partition coefficient (Wildman–Crippen LogP) is 5.32. The second kappa shape index (κ2) is 6.21. The van der Waals surface area contributed by atoms with E-state index in [-0.39, 0.29) is 0 Å². The summed E-state index contributed by atoms with van der Waals surface area (Å²) in [7, 11) is 0. The summed E-state index contributed by atoms with van der Waals surface area (Å²) in [5.74, 6) is 2.90. The second-order valence-electron chi connectivity index (χ2n) is 6.74. The van der Waals surface area contributed by atoms with Crippen LogP contribution in [-0.4, -0.2) is 11.2 Å². The highest BCUT2D eigenvalue weighted by molar-refractivity contribution is 6.11. The third kappa shape index (κ3) is 2.41. The molecule has 0 N–H and O–H groups in total. The van der Waals surface area contributed by atoms with Crippen molar-refractivity contribution < 1.29 is 14.3 Å². The molecule has 0 amide bonds. The summed E-state index contributed by atoms with van der Waals surface area (Å²) >= 11 is 0. The zero-order valence-corrected chi connectivity index (χ0v) is 15.2. The van der Waals surface area contributed by atoms with Gasteiger partial charge in [0.1, 0.15) is 11.5 Å². The van der Waals surface area contributed by atoms with Gasteiger partial charge in [0.15, 0.2) is 17.8 Å². The third-order valence-electron chi connectivity index (χ3n) is 5.11. The van der Waals surface area contributed by atoms with Gasteiger partial charge in [-0.15, -0.1) is 0 Å². The predicted molar refractivity (Wildman–Crippen MR) is 109 cm³/mol. The van der Waals surface area contributed by atoms with Crippen molar-refractivity contribution in [3.63, 3.8) is 0 Å². The second-order valence-corrected chi connectivity index (χ2v) is 6.74. The van der Waals surface area contributed by atoms with Crippen molar-refractivity contribution in [3.05, 3.63) is 107 Å². The van der Waals surface area contributed by atoms with Gasteiger partial charge in [-0.1, -0.05) is 41.6 Å². The number of oxime groups is 1. The van der Waals surface area contributed by atoms with Gasteiger partial charge in [0.05, 0.1) is 12.4 Å². The molecule has 29 heavy (non-hydrogen) atoms. The SMILES string of the molecule is C1=NOC=C2Oc3ccccc3/C(=C3\c4ccccc4Oc4cnccc43)C2=C1. The lowest BCUT2D eigenvalue weighted by atomic mass is 9.82. The first-order chi connectivity index (χ1) is 14.4. The van der Waals surface area contributed by atoms with Gasteiger partial charge in [-0.2, -0.15) is 0 Å². The number of hydrogen-bond donors (Lipinski definition) is 0. The minimum Gasteiger partial charge on any atom is -0.454 e. The monoisotopic (exact) mass is 378 g/mol. The molecule has 3 aromatic rings. The van der Waals surface area contributed by atoms with Crippen LogP contribution in [0.15, 0.2) is 95.8 Å². The molecule has 1 aromatic heterocycles. The lowest BCUT2D eigenvalue weighted by Crippen LogP contribution is -2.13. The van der Waals surface area contributed by atoms with E-state index in [1.54, 1.807) is 18.6 Å². The first kappa shape index (κ1) is 15.9. The van der Waals surface area contributed by atoms with Crippen LogP contribution in [0.4, 0.5) is 0 Å². The molecule has 0 atom stereocenters. The number of rotatable bonds is 0. The van der Waals surface area contributed by atoms with Gasteiger partial charge in [0, 0.05) is 39.6 Å². The summed E-state index contributed by atoms with van der Waals surface area (Å²) in [5, 5.41) is 3.91. The molecule has 0 fully saturated rings. The number of allylic oxidation sites excluding steroid dienone is 2. The Labute approximate surface area is 166 Å². The molecule has 3 aliphatic rings. The maximum absolute atomic E-state index is 6.13. The third-order valence-corrected chi connectivity index (χ3v) is 5.11. The standard InChI is InChI=1S/C24H14N2O3/c1-3-7-19-15(5-1)23(17-9-11-25-13-21(17)28-19)24-16-6-2-4-8-20(16)29-22-14-27-26-12-10-18(22)24/h1-14H/b24-23-. The van der Waals surface area contributed by atoms with Crippen molar-refractivity contribution >= 4 is 17.4 Å². The van der Waals surface area contributed by atoms with Crippen LogP contribution in [0.25, 0.3) is 11.1 Å². The fraction of sp³-hybridized carbons (Fsp3) is 0. The van der Waals surface area contributed by atoms with Crippen molar-refractivity contribution in [3.8, 4) is 17.2 Å². The van der Waals surface area contributed by atoms with Crippen LogP contribution in [0.5, 0.6) is 17.2 Å². The molecule has 4 heterocycles. The van der Waals surface area contributed by atoms with E-state index in [0.717, 1.165) is 50.7 Å². The largest absolute Gasteiger partial charge is 0.454 e. The van der Waals surface area contributed by atoms with Crippen molar-refractivity contribution in [1.82, 2.24) is 4.98 Å². The van der Waals surface area contributed by atoms with E-state index in [2.05, 4.69) is 22.3 Å². The van der Waals surface area contributed by atoms with Gasteiger partial charge in [-0.25, -0.2) is 0 Å². The summed E-state index contributed by atoms with van der Waals surface area (Å²) in [6.45, 7) is 0. The summed E-state index contributed by atoms with van der Waals surface area (Å²) in [6.07, 6.45) is 8.61. The maximum atomic E-state index is 6.13. The van der Waals surface area contributed by atoms with Crippen LogP contribution in [0.1, 0.15) is 16.7 Å². The van der Waals surface area contributed by atoms with Crippen LogP contribution in [-0.2, 0) is 4.84 Å². The van der Waals surface area contributed by atoms with Crippen LogP contribution >= 0.6 is 0 Å². The average Bonchev–Trinajstić information content (AvgIpc) is 3.01. The smallest absolute Gasteiger partial charge is 0.173 e. The van der Waals surface area contributed by atoms with E-state index in [9.17, 15) is 0 Å². The van der Waals surface area contributed by atoms with Gasteiger partial charge in [0.25, 0.3) is 0 Å². The molecule has 5 heteroatoms. The summed E-state index contributed by atoms with van der Waals surface area (Å²) in [5.41, 5.74) is 6.00. The number of pyridine rings is 1. The zero-order chi connectivity index (χ0) is 19.2. The fourth-order valence-corrected chi connectivity index (χ4v) is 3.91. The fourth-order valence-electron chi connectivity index (χ4n) is 3.91. The van der Waals surface area contributed by atoms with E-state index in [1.165, 1.54) is 6.26 Å². The highest BCUT2D eigenvalue weighted by atomic mass is 16.6. The van der Waals surface area contributed by atoms with Gasteiger partial charge in [0.2, 0.25) is 0 Å². The van der Waals surface area contributed by atoms with Gasteiger partial charge >= 0.3 is 0 Å². The van der Waals surface area contributed by atoms with Crippen molar-refractivity contribution in [2.75, 3.05) is 0 Å². The van der Waals surface area contributed by atoms with Crippen molar-refractivity contribution in [1.29, 1.82) is 0 Å². The molecule has 0 bridgehead atoms. The Balaban J connectivity index is 1.78. The van der Waals surface area contributed by atoms with Crippen LogP contribution in [0.3, 0.4) is 0 Å². The van der Waals surface area contributed by atoms with E-state index in [0.29, 0.717) is 5.76 Å². The molecule has 2 aromatic carbocycles.